The van der Waals surface area contributed by atoms with Crippen LogP contribution in [-0.2, 0) is 0 Å². The minimum Gasteiger partial charge on any atom is -0.477 e. The molecule has 1 heterocycles. The maximum Gasteiger partial charge on any atom is 0.401 e. The Morgan fingerprint density at radius 1 is 1.38 bits per heavy atom. The Balaban J connectivity index is 2.60. The minimum atomic E-state index is -4.28. The summed E-state index contributed by atoms with van der Waals surface area (Å²) >= 11 is 0. The predicted octanol–water partition coefficient (Wildman–Crippen LogP) is 1.99. The number of fused-ring (bicyclic) bond motifs is 1. The summed E-state index contributed by atoms with van der Waals surface area (Å²) in [5.74, 6) is -1.12. The zero-order chi connectivity index (χ0) is 18.3. The SMILES string of the molecule is Cc1cc(C(=O)O)nc2c1=CC(NCC(F)(F)F)CC=2C(C)(C)C. The fourth-order valence-electron chi connectivity index (χ4n) is 2.85. The van der Waals surface area contributed by atoms with Crippen molar-refractivity contribution in [3.63, 3.8) is 0 Å². The lowest BCUT2D eigenvalue weighted by Gasteiger charge is -2.29. The largest absolute Gasteiger partial charge is 0.477 e. The van der Waals surface area contributed by atoms with Gasteiger partial charge in [-0.05, 0) is 36.0 Å². The normalized spacial score (nSPS) is 18.1. The molecule has 1 atom stereocenters. The van der Waals surface area contributed by atoms with E-state index in [9.17, 15) is 23.1 Å². The van der Waals surface area contributed by atoms with Gasteiger partial charge in [0, 0.05) is 11.3 Å². The average molecular weight is 342 g/mol. The first-order valence-electron chi connectivity index (χ1n) is 7.65. The molecule has 1 aromatic rings. The number of halogens is 3. The monoisotopic (exact) mass is 342 g/mol. The van der Waals surface area contributed by atoms with Crippen molar-refractivity contribution < 1.29 is 23.1 Å². The smallest absolute Gasteiger partial charge is 0.401 e. The van der Waals surface area contributed by atoms with Crippen molar-refractivity contribution in [2.24, 2.45) is 5.41 Å². The second kappa shape index (κ2) is 6.20. The Morgan fingerprint density at radius 2 is 2.00 bits per heavy atom. The summed E-state index contributed by atoms with van der Waals surface area (Å²) in [4.78, 5) is 15.5. The van der Waals surface area contributed by atoms with Crippen LogP contribution in [0.15, 0.2) is 6.07 Å². The van der Waals surface area contributed by atoms with Gasteiger partial charge in [0.05, 0.1) is 11.9 Å². The number of nitrogens with zero attached hydrogens (tertiary/aromatic N) is 1. The number of aromatic nitrogens is 1. The molecule has 1 unspecified atom stereocenters. The van der Waals surface area contributed by atoms with Crippen molar-refractivity contribution in [1.82, 2.24) is 10.3 Å². The van der Waals surface area contributed by atoms with E-state index in [4.69, 9.17) is 0 Å². The molecule has 0 aliphatic heterocycles. The Labute approximate surface area is 138 Å². The zero-order valence-electron chi connectivity index (χ0n) is 14.1. The first-order valence-corrected chi connectivity index (χ1v) is 7.65. The fraction of sp³-hybridized carbons (Fsp3) is 0.529. The van der Waals surface area contributed by atoms with E-state index in [1.165, 1.54) is 6.07 Å². The van der Waals surface area contributed by atoms with Crippen LogP contribution in [0.2, 0.25) is 0 Å². The molecule has 1 aliphatic rings. The highest BCUT2D eigenvalue weighted by Gasteiger charge is 2.30. The van der Waals surface area contributed by atoms with Gasteiger partial charge in [-0.15, -0.1) is 0 Å². The molecule has 2 rings (SSSR count). The van der Waals surface area contributed by atoms with E-state index in [1.807, 2.05) is 20.8 Å². The molecule has 0 spiro atoms. The van der Waals surface area contributed by atoms with Gasteiger partial charge in [-0.25, -0.2) is 9.78 Å². The van der Waals surface area contributed by atoms with E-state index >= 15 is 0 Å². The molecule has 0 fully saturated rings. The van der Waals surface area contributed by atoms with E-state index in [2.05, 4.69) is 10.3 Å². The van der Waals surface area contributed by atoms with Gasteiger partial charge in [0.2, 0.25) is 0 Å². The lowest BCUT2D eigenvalue weighted by atomic mass is 9.79. The summed E-state index contributed by atoms with van der Waals surface area (Å²) in [5, 5.41) is 13.0. The van der Waals surface area contributed by atoms with E-state index in [1.54, 1.807) is 13.0 Å². The molecule has 0 saturated carbocycles. The van der Waals surface area contributed by atoms with Gasteiger partial charge in [0.25, 0.3) is 0 Å². The molecule has 2 N–H and O–H groups in total. The van der Waals surface area contributed by atoms with Crippen molar-refractivity contribution in [1.29, 1.82) is 0 Å². The second-order valence-electron chi connectivity index (χ2n) is 7.09. The number of hydrogen-bond donors (Lipinski definition) is 2. The van der Waals surface area contributed by atoms with Gasteiger partial charge >= 0.3 is 12.1 Å². The third-order valence-electron chi connectivity index (χ3n) is 4.03. The molecule has 1 aliphatic carbocycles. The van der Waals surface area contributed by atoms with Crippen LogP contribution in [0.5, 0.6) is 0 Å². The Bertz CT molecular complexity index is 777. The second-order valence-corrected chi connectivity index (χ2v) is 7.09. The van der Waals surface area contributed by atoms with Crippen LogP contribution in [0, 0.1) is 12.3 Å². The maximum absolute atomic E-state index is 12.5. The number of pyridine rings is 1. The average Bonchev–Trinajstić information content (AvgIpc) is 2.42. The summed E-state index contributed by atoms with van der Waals surface area (Å²) in [7, 11) is 0. The molecule has 4 nitrogen and oxygen atoms in total. The number of rotatable bonds is 3. The van der Waals surface area contributed by atoms with Gasteiger partial charge in [0.1, 0.15) is 5.69 Å². The van der Waals surface area contributed by atoms with Crippen molar-refractivity contribution in [3.05, 3.63) is 27.9 Å². The molecule has 7 heteroatoms. The number of aromatic carboxylic acids is 1. The first-order chi connectivity index (χ1) is 10.9. The van der Waals surface area contributed by atoms with E-state index < -0.39 is 24.7 Å². The van der Waals surface area contributed by atoms with Gasteiger partial charge < -0.3 is 10.4 Å². The number of alkyl halides is 3. The first kappa shape index (κ1) is 18.4. The quantitative estimate of drug-likeness (QED) is 0.882. The fourth-order valence-corrected chi connectivity index (χ4v) is 2.85. The summed E-state index contributed by atoms with van der Waals surface area (Å²) in [6.45, 7) is 6.52. The number of carboxylic acid groups (broad SMARTS) is 1. The molecule has 0 bridgehead atoms. The molecule has 1 aromatic heterocycles. The third-order valence-corrected chi connectivity index (χ3v) is 4.03. The lowest BCUT2D eigenvalue weighted by Crippen LogP contribution is -2.47. The number of hydrogen-bond acceptors (Lipinski definition) is 3. The molecule has 0 aromatic carbocycles. The van der Waals surface area contributed by atoms with Crippen LogP contribution in [0.4, 0.5) is 13.2 Å². The van der Waals surface area contributed by atoms with Gasteiger partial charge in [-0.3, -0.25) is 0 Å². The van der Waals surface area contributed by atoms with E-state index in [0.717, 1.165) is 5.57 Å². The molecule has 24 heavy (non-hydrogen) atoms. The predicted molar refractivity (Wildman–Crippen MR) is 85.0 cm³/mol. The number of aryl methyl sites for hydroxylation is 1. The molecular formula is C17H21F3N2O2. The van der Waals surface area contributed by atoms with Crippen molar-refractivity contribution in [2.75, 3.05) is 6.54 Å². The van der Waals surface area contributed by atoms with Crippen LogP contribution in [0.25, 0.3) is 11.6 Å². The van der Waals surface area contributed by atoms with E-state index in [-0.39, 0.29) is 11.1 Å². The zero-order valence-corrected chi connectivity index (χ0v) is 14.1. The van der Waals surface area contributed by atoms with E-state index in [0.29, 0.717) is 22.6 Å². The standard InChI is InChI=1S/C17H21F3N2O2/c1-9-5-13(15(23)24)22-14-11(9)6-10(21-8-17(18,19)20)7-12(14)16(2,3)4/h5-6,10,21H,7-8H2,1-4H3,(H,23,24). The van der Waals surface area contributed by atoms with Crippen molar-refractivity contribution in [2.45, 2.75) is 46.3 Å². The van der Waals surface area contributed by atoms with Crippen molar-refractivity contribution >= 4 is 17.6 Å². The summed E-state index contributed by atoms with van der Waals surface area (Å²) in [6, 6.07) is 0.980. The van der Waals surface area contributed by atoms with Gasteiger partial charge in [-0.2, -0.15) is 13.2 Å². The summed E-state index contributed by atoms with van der Waals surface area (Å²) < 4.78 is 37.5. The molecular weight excluding hydrogens is 321 g/mol. The molecule has 0 amide bonds. The highest BCUT2D eigenvalue weighted by atomic mass is 19.4. The Morgan fingerprint density at radius 3 is 2.50 bits per heavy atom. The minimum absolute atomic E-state index is 0.0527. The van der Waals surface area contributed by atoms with Gasteiger partial charge in [-0.1, -0.05) is 26.8 Å². The number of carbonyl (C=O) groups is 1. The Kier molecular flexibility index (Phi) is 4.77. The number of nitrogens with one attached hydrogen (secondary N) is 1. The van der Waals surface area contributed by atoms with Gasteiger partial charge in [0.15, 0.2) is 0 Å². The third kappa shape index (κ3) is 4.14. The highest BCUT2D eigenvalue weighted by Crippen LogP contribution is 2.30. The lowest BCUT2D eigenvalue weighted by molar-refractivity contribution is -0.125. The summed E-state index contributed by atoms with van der Waals surface area (Å²) in [6.07, 6.45) is -2.21. The molecule has 0 radical (unpaired) electrons. The molecule has 132 valence electrons. The van der Waals surface area contributed by atoms with Crippen LogP contribution >= 0.6 is 0 Å². The van der Waals surface area contributed by atoms with Crippen LogP contribution in [0.3, 0.4) is 0 Å². The van der Waals surface area contributed by atoms with Crippen molar-refractivity contribution in [3.8, 4) is 0 Å². The maximum atomic E-state index is 12.5. The molecule has 0 saturated heterocycles. The topological polar surface area (TPSA) is 62.2 Å². The Hall–Kier alpha value is -1.89. The van der Waals surface area contributed by atoms with Crippen LogP contribution in [-0.4, -0.2) is 34.8 Å². The number of carboxylic acids is 1. The van der Waals surface area contributed by atoms with Crippen LogP contribution in [0.1, 0.15) is 43.2 Å². The highest BCUT2D eigenvalue weighted by molar-refractivity contribution is 5.85. The summed E-state index contributed by atoms with van der Waals surface area (Å²) in [5.41, 5.74) is 1.16. The van der Waals surface area contributed by atoms with Crippen LogP contribution < -0.4 is 15.9 Å².